The zero-order valence-corrected chi connectivity index (χ0v) is 12.8. The highest BCUT2D eigenvalue weighted by Crippen LogP contribution is 2.30. The molecule has 0 aromatic heterocycles. The van der Waals surface area contributed by atoms with Gasteiger partial charge < -0.3 is 20.1 Å². The van der Waals surface area contributed by atoms with Crippen molar-refractivity contribution in [3.05, 3.63) is 23.8 Å². The zero-order chi connectivity index (χ0) is 15.1. The van der Waals surface area contributed by atoms with Gasteiger partial charge in [0.25, 0.3) is 0 Å². The van der Waals surface area contributed by atoms with Crippen molar-refractivity contribution in [3.8, 4) is 11.5 Å². The minimum atomic E-state index is -0.184. The van der Waals surface area contributed by atoms with Crippen molar-refractivity contribution in [2.24, 2.45) is 5.92 Å². The summed E-state index contributed by atoms with van der Waals surface area (Å²) in [6.07, 6.45) is 0. The monoisotopic (exact) mass is 280 g/mol. The summed E-state index contributed by atoms with van der Waals surface area (Å²) in [7, 11) is 3.17. The van der Waals surface area contributed by atoms with Crippen molar-refractivity contribution in [1.29, 1.82) is 0 Å². The first-order chi connectivity index (χ1) is 9.49. The van der Waals surface area contributed by atoms with Crippen LogP contribution in [0.1, 0.15) is 26.3 Å². The van der Waals surface area contributed by atoms with Crippen molar-refractivity contribution in [2.75, 3.05) is 14.2 Å². The Morgan fingerprint density at radius 1 is 1.20 bits per heavy atom. The number of methoxy groups -OCH3 is 2. The molecule has 0 radical (unpaired) electrons. The first-order valence-corrected chi connectivity index (χ1v) is 6.73. The summed E-state index contributed by atoms with van der Waals surface area (Å²) in [6.45, 7) is 6.50. The van der Waals surface area contributed by atoms with Crippen LogP contribution in [0.3, 0.4) is 0 Å². The van der Waals surface area contributed by atoms with Crippen LogP contribution in [0.15, 0.2) is 18.2 Å². The van der Waals surface area contributed by atoms with E-state index in [-0.39, 0.29) is 12.1 Å². The SMILES string of the molecule is COc1cccc(CNC(=O)NC(C)C(C)C)c1OC. The van der Waals surface area contributed by atoms with Gasteiger partial charge in [-0.2, -0.15) is 0 Å². The molecule has 20 heavy (non-hydrogen) atoms. The van der Waals surface area contributed by atoms with E-state index < -0.39 is 0 Å². The van der Waals surface area contributed by atoms with E-state index >= 15 is 0 Å². The van der Waals surface area contributed by atoms with E-state index in [9.17, 15) is 4.79 Å². The van der Waals surface area contributed by atoms with E-state index in [4.69, 9.17) is 9.47 Å². The molecule has 1 unspecified atom stereocenters. The van der Waals surface area contributed by atoms with Gasteiger partial charge in [0.1, 0.15) is 0 Å². The average Bonchev–Trinajstić information content (AvgIpc) is 2.44. The third-order valence-electron chi connectivity index (χ3n) is 3.28. The predicted octanol–water partition coefficient (Wildman–Crippen LogP) is 2.55. The molecule has 1 atom stereocenters. The molecular formula is C15H24N2O3. The summed E-state index contributed by atoms with van der Waals surface area (Å²) in [4.78, 5) is 11.8. The van der Waals surface area contributed by atoms with E-state index in [1.807, 2.05) is 25.1 Å². The summed E-state index contributed by atoms with van der Waals surface area (Å²) in [5.74, 6) is 1.70. The Balaban J connectivity index is 2.64. The van der Waals surface area contributed by atoms with Gasteiger partial charge in [0.15, 0.2) is 11.5 Å². The smallest absolute Gasteiger partial charge is 0.315 e. The van der Waals surface area contributed by atoms with Crippen LogP contribution in [-0.2, 0) is 6.54 Å². The molecule has 0 aliphatic carbocycles. The number of hydrogen-bond donors (Lipinski definition) is 2. The topological polar surface area (TPSA) is 59.6 Å². The molecule has 2 amide bonds. The number of amides is 2. The summed E-state index contributed by atoms with van der Waals surface area (Å²) in [6, 6.07) is 5.53. The predicted molar refractivity (Wildman–Crippen MR) is 79.2 cm³/mol. The van der Waals surface area contributed by atoms with Crippen molar-refractivity contribution < 1.29 is 14.3 Å². The molecule has 0 saturated heterocycles. The number of para-hydroxylation sites is 1. The minimum Gasteiger partial charge on any atom is -0.493 e. The van der Waals surface area contributed by atoms with Crippen molar-refractivity contribution in [3.63, 3.8) is 0 Å². The summed E-state index contributed by atoms with van der Waals surface area (Å²) in [5, 5.41) is 5.72. The van der Waals surface area contributed by atoms with E-state index in [0.29, 0.717) is 24.0 Å². The normalized spacial score (nSPS) is 11.9. The second kappa shape index (κ2) is 7.62. The second-order valence-electron chi connectivity index (χ2n) is 5.01. The number of nitrogens with one attached hydrogen (secondary N) is 2. The molecule has 0 bridgehead atoms. The van der Waals surface area contributed by atoms with Crippen molar-refractivity contribution in [1.82, 2.24) is 10.6 Å². The number of carbonyl (C=O) groups is 1. The Hall–Kier alpha value is -1.91. The van der Waals surface area contributed by atoms with E-state index in [2.05, 4.69) is 24.5 Å². The van der Waals surface area contributed by atoms with Crippen LogP contribution in [0.25, 0.3) is 0 Å². The van der Waals surface area contributed by atoms with Crippen molar-refractivity contribution >= 4 is 6.03 Å². The minimum absolute atomic E-state index is 0.127. The lowest BCUT2D eigenvalue weighted by Gasteiger charge is -2.18. The summed E-state index contributed by atoms with van der Waals surface area (Å²) < 4.78 is 10.5. The highest BCUT2D eigenvalue weighted by Gasteiger charge is 2.12. The fraction of sp³-hybridized carbons (Fsp3) is 0.533. The number of urea groups is 1. The number of benzene rings is 1. The number of ether oxygens (including phenoxy) is 2. The van der Waals surface area contributed by atoms with E-state index in [1.54, 1.807) is 14.2 Å². The molecule has 5 heteroatoms. The maximum absolute atomic E-state index is 11.8. The molecule has 0 aliphatic heterocycles. The van der Waals surface area contributed by atoms with Gasteiger partial charge >= 0.3 is 6.03 Å². The quantitative estimate of drug-likeness (QED) is 0.842. The first-order valence-electron chi connectivity index (χ1n) is 6.73. The highest BCUT2D eigenvalue weighted by atomic mass is 16.5. The fourth-order valence-electron chi connectivity index (χ4n) is 1.69. The van der Waals surface area contributed by atoms with E-state index in [0.717, 1.165) is 5.56 Å². The van der Waals surface area contributed by atoms with Gasteiger partial charge in [0.2, 0.25) is 0 Å². The van der Waals surface area contributed by atoms with Gasteiger partial charge in [0.05, 0.1) is 14.2 Å². The Morgan fingerprint density at radius 3 is 2.45 bits per heavy atom. The van der Waals surface area contributed by atoms with Crippen LogP contribution in [0.5, 0.6) is 11.5 Å². The van der Waals surface area contributed by atoms with Crippen LogP contribution >= 0.6 is 0 Å². The summed E-state index contributed by atoms with van der Waals surface area (Å²) in [5.41, 5.74) is 0.874. The zero-order valence-electron chi connectivity index (χ0n) is 12.8. The number of hydrogen-bond acceptors (Lipinski definition) is 3. The second-order valence-corrected chi connectivity index (χ2v) is 5.01. The lowest BCUT2D eigenvalue weighted by atomic mass is 10.1. The van der Waals surface area contributed by atoms with Crippen LogP contribution < -0.4 is 20.1 Å². The number of rotatable bonds is 6. The molecule has 1 aromatic rings. The van der Waals surface area contributed by atoms with Crippen LogP contribution in [0, 0.1) is 5.92 Å². The van der Waals surface area contributed by atoms with Gasteiger partial charge in [-0.05, 0) is 18.9 Å². The molecular weight excluding hydrogens is 256 g/mol. The Morgan fingerprint density at radius 2 is 1.90 bits per heavy atom. The van der Waals surface area contributed by atoms with Gasteiger partial charge in [-0.3, -0.25) is 0 Å². The Kier molecular flexibility index (Phi) is 6.15. The molecule has 0 heterocycles. The molecule has 0 spiro atoms. The van der Waals surface area contributed by atoms with Crippen LogP contribution in [0.2, 0.25) is 0 Å². The Labute approximate surface area is 120 Å². The fourth-order valence-corrected chi connectivity index (χ4v) is 1.69. The third kappa shape index (κ3) is 4.33. The molecule has 2 N–H and O–H groups in total. The lowest BCUT2D eigenvalue weighted by Crippen LogP contribution is -2.42. The molecule has 0 aliphatic rings. The molecule has 5 nitrogen and oxygen atoms in total. The summed E-state index contributed by atoms with van der Waals surface area (Å²) >= 11 is 0. The molecule has 0 saturated carbocycles. The molecule has 1 aromatic carbocycles. The van der Waals surface area contributed by atoms with Gasteiger partial charge in [0, 0.05) is 18.2 Å². The maximum Gasteiger partial charge on any atom is 0.315 e. The van der Waals surface area contributed by atoms with Gasteiger partial charge in [-0.25, -0.2) is 4.79 Å². The first kappa shape index (κ1) is 16.1. The lowest BCUT2D eigenvalue weighted by molar-refractivity contribution is 0.234. The highest BCUT2D eigenvalue weighted by molar-refractivity contribution is 5.74. The van der Waals surface area contributed by atoms with Crippen LogP contribution in [0.4, 0.5) is 4.79 Å². The average molecular weight is 280 g/mol. The molecule has 1 rings (SSSR count). The maximum atomic E-state index is 11.8. The van der Waals surface area contributed by atoms with Gasteiger partial charge in [-0.1, -0.05) is 26.0 Å². The molecule has 0 fully saturated rings. The van der Waals surface area contributed by atoms with Crippen LogP contribution in [-0.4, -0.2) is 26.3 Å². The van der Waals surface area contributed by atoms with E-state index in [1.165, 1.54) is 0 Å². The standard InChI is InChI=1S/C15H24N2O3/c1-10(2)11(3)17-15(18)16-9-12-7-6-8-13(19-4)14(12)20-5/h6-8,10-11H,9H2,1-5H3,(H2,16,17,18). The third-order valence-corrected chi connectivity index (χ3v) is 3.28. The van der Waals surface area contributed by atoms with Crippen molar-refractivity contribution in [2.45, 2.75) is 33.4 Å². The number of carbonyl (C=O) groups excluding carboxylic acids is 1. The Bertz CT molecular complexity index is 447. The van der Waals surface area contributed by atoms with Gasteiger partial charge in [-0.15, -0.1) is 0 Å². The molecule has 112 valence electrons. The largest absolute Gasteiger partial charge is 0.493 e.